The largest absolute Gasteiger partial charge is 0.465 e. The van der Waals surface area contributed by atoms with Crippen LogP contribution < -0.4 is 10.6 Å². The number of ether oxygens (including phenoxy) is 1. The van der Waals surface area contributed by atoms with Crippen molar-refractivity contribution in [2.45, 2.75) is 32.2 Å². The third kappa shape index (κ3) is 4.96. The van der Waals surface area contributed by atoms with Crippen molar-refractivity contribution in [3.63, 3.8) is 0 Å². The summed E-state index contributed by atoms with van der Waals surface area (Å²) in [5.41, 5.74) is 5.16. The molecule has 4 rings (SSSR count). The number of esters is 1. The molecule has 2 atom stereocenters. The Labute approximate surface area is 197 Å². The highest BCUT2D eigenvalue weighted by molar-refractivity contribution is 7.80. The number of hydrogen-bond donors (Lipinski definition) is 2. The molecule has 0 spiro atoms. The number of aryl methyl sites for hydroxylation is 1. The summed E-state index contributed by atoms with van der Waals surface area (Å²) in [6.07, 6.45) is 5.11. The van der Waals surface area contributed by atoms with E-state index in [-0.39, 0.29) is 17.8 Å². The Bertz CT molecular complexity index is 1220. The van der Waals surface area contributed by atoms with Crippen molar-refractivity contribution in [1.29, 1.82) is 0 Å². The van der Waals surface area contributed by atoms with Crippen molar-refractivity contribution >= 4 is 29.0 Å². The van der Waals surface area contributed by atoms with Gasteiger partial charge in [0.05, 0.1) is 24.1 Å². The summed E-state index contributed by atoms with van der Waals surface area (Å²) in [5.74, 6) is -0.470. The molecule has 2 N–H and O–H groups in total. The molecule has 0 amide bonds. The van der Waals surface area contributed by atoms with Crippen molar-refractivity contribution < 1.29 is 13.9 Å². The fourth-order valence-electron chi connectivity index (χ4n) is 4.22. The molecule has 0 unspecified atom stereocenters. The highest BCUT2D eigenvalue weighted by Crippen LogP contribution is 2.34. The van der Waals surface area contributed by atoms with E-state index in [4.69, 9.17) is 17.0 Å². The van der Waals surface area contributed by atoms with Crippen LogP contribution in [0.5, 0.6) is 0 Å². The maximum atomic E-state index is 13.3. The van der Waals surface area contributed by atoms with Crippen LogP contribution in [0.25, 0.3) is 5.69 Å². The van der Waals surface area contributed by atoms with E-state index in [0.29, 0.717) is 16.4 Å². The molecule has 2 aromatic carbocycles. The second kappa shape index (κ2) is 9.54. The summed E-state index contributed by atoms with van der Waals surface area (Å²) in [5, 5.41) is 11.6. The number of carbonyl (C=O) groups excluding carboxylic acids is 1. The summed E-state index contributed by atoms with van der Waals surface area (Å²) in [6.45, 7) is 4.03. The van der Waals surface area contributed by atoms with Gasteiger partial charge in [-0.3, -0.25) is 0 Å². The number of methoxy groups -OCH3 is 1. The third-order valence-corrected chi connectivity index (χ3v) is 5.95. The lowest BCUT2D eigenvalue weighted by Crippen LogP contribution is -2.35. The molecule has 6 nitrogen and oxygen atoms in total. The summed E-state index contributed by atoms with van der Waals surface area (Å²) in [6, 6.07) is 13.4. The number of thiocarbonyl (C=S) groups is 1. The normalized spacial score (nSPS) is 17.1. The van der Waals surface area contributed by atoms with Crippen molar-refractivity contribution in [2.24, 2.45) is 0 Å². The van der Waals surface area contributed by atoms with Crippen molar-refractivity contribution in [1.82, 2.24) is 15.1 Å². The minimum Gasteiger partial charge on any atom is -0.465 e. The minimum atomic E-state index is -0.397. The molecule has 170 valence electrons. The molecule has 3 aromatic rings. The van der Waals surface area contributed by atoms with Gasteiger partial charge in [0.1, 0.15) is 5.82 Å². The second-order valence-electron chi connectivity index (χ2n) is 7.98. The van der Waals surface area contributed by atoms with Crippen molar-refractivity contribution in [3.8, 4) is 5.69 Å². The maximum absolute atomic E-state index is 13.3. The first-order valence-corrected chi connectivity index (χ1v) is 11.0. The van der Waals surface area contributed by atoms with Gasteiger partial charge >= 0.3 is 5.97 Å². The topological polar surface area (TPSA) is 68.2 Å². The molecule has 0 saturated heterocycles. The van der Waals surface area contributed by atoms with Gasteiger partial charge in [-0.2, -0.15) is 5.10 Å². The Hall–Kier alpha value is -3.52. The van der Waals surface area contributed by atoms with Crippen LogP contribution in [-0.4, -0.2) is 34.0 Å². The fraction of sp³-hybridized carbons (Fsp3) is 0.240. The zero-order chi connectivity index (χ0) is 23.5. The number of anilines is 1. The van der Waals surface area contributed by atoms with Crippen LogP contribution in [0, 0.1) is 19.7 Å². The summed E-state index contributed by atoms with van der Waals surface area (Å²) in [4.78, 5) is 11.7. The van der Waals surface area contributed by atoms with Gasteiger partial charge in [0, 0.05) is 28.9 Å². The van der Waals surface area contributed by atoms with E-state index in [1.807, 2.05) is 24.6 Å². The van der Waals surface area contributed by atoms with Crippen LogP contribution in [0.2, 0.25) is 0 Å². The first kappa shape index (κ1) is 22.7. The van der Waals surface area contributed by atoms with Crippen LogP contribution in [0.4, 0.5) is 10.1 Å². The van der Waals surface area contributed by atoms with Crippen LogP contribution in [-0.2, 0) is 4.74 Å². The molecule has 1 heterocycles. The Morgan fingerprint density at radius 1 is 1.18 bits per heavy atom. The molecule has 0 radical (unpaired) electrons. The molecule has 0 aliphatic heterocycles. The van der Waals surface area contributed by atoms with E-state index in [0.717, 1.165) is 23.5 Å². The predicted molar refractivity (Wildman–Crippen MR) is 130 cm³/mol. The van der Waals surface area contributed by atoms with E-state index >= 15 is 0 Å². The Morgan fingerprint density at radius 3 is 2.67 bits per heavy atom. The number of nitrogens with one attached hydrogen (secondary N) is 2. The number of carbonyl (C=O) groups is 1. The van der Waals surface area contributed by atoms with Crippen molar-refractivity contribution in [2.75, 3.05) is 12.4 Å². The van der Waals surface area contributed by atoms with E-state index in [1.54, 1.807) is 30.3 Å². The number of benzene rings is 2. The molecule has 0 bridgehead atoms. The number of halogens is 1. The van der Waals surface area contributed by atoms with Gasteiger partial charge in [-0.1, -0.05) is 18.2 Å². The standard InChI is InChI=1S/C25H25FN4O2S/c1-15-23(16(2)30(29-15)22-11-8-19(26)9-12-22)17-7-10-21(13-17)28-25(33)27-20-6-4-5-18(14-20)24(31)32-3/h4-12,14,17,21H,13H2,1-3H3,(H2,27,28,33)/t17-,21+/m0/s1. The number of aromatic nitrogens is 2. The Balaban J connectivity index is 1.41. The van der Waals surface area contributed by atoms with Crippen LogP contribution >= 0.6 is 12.2 Å². The zero-order valence-electron chi connectivity index (χ0n) is 18.6. The van der Waals surface area contributed by atoms with Gasteiger partial charge in [0.25, 0.3) is 0 Å². The maximum Gasteiger partial charge on any atom is 0.337 e. The molecule has 1 aliphatic carbocycles. The average Bonchev–Trinajstić information content (AvgIpc) is 3.36. The van der Waals surface area contributed by atoms with E-state index < -0.39 is 5.97 Å². The van der Waals surface area contributed by atoms with Gasteiger partial charge in [0.15, 0.2) is 5.11 Å². The molecular formula is C25H25FN4O2S. The molecule has 1 aromatic heterocycles. The SMILES string of the molecule is COC(=O)c1cccc(NC(=S)N[C@@H]2C=C[C@H](c3c(C)nn(-c4ccc(F)cc4)c3C)C2)c1. The summed E-state index contributed by atoms with van der Waals surface area (Å²) < 4.78 is 19.9. The minimum absolute atomic E-state index is 0.0618. The zero-order valence-corrected chi connectivity index (χ0v) is 19.4. The molecule has 8 heteroatoms. The predicted octanol–water partition coefficient (Wildman–Crippen LogP) is 4.81. The lowest BCUT2D eigenvalue weighted by atomic mass is 9.96. The lowest BCUT2D eigenvalue weighted by Gasteiger charge is -2.17. The van der Waals surface area contributed by atoms with Gasteiger partial charge in [-0.05, 0) is 75.0 Å². The average molecular weight is 465 g/mol. The molecule has 0 saturated carbocycles. The Morgan fingerprint density at radius 2 is 1.94 bits per heavy atom. The molecule has 0 fully saturated rings. The third-order valence-electron chi connectivity index (χ3n) is 5.73. The second-order valence-corrected chi connectivity index (χ2v) is 8.39. The van der Waals surface area contributed by atoms with Crippen LogP contribution in [0.3, 0.4) is 0 Å². The summed E-state index contributed by atoms with van der Waals surface area (Å²) in [7, 11) is 1.35. The fourth-order valence-corrected chi connectivity index (χ4v) is 4.49. The summed E-state index contributed by atoms with van der Waals surface area (Å²) >= 11 is 5.48. The van der Waals surface area contributed by atoms with Crippen LogP contribution in [0.15, 0.2) is 60.7 Å². The van der Waals surface area contributed by atoms with Crippen molar-refractivity contribution in [3.05, 3.63) is 89.0 Å². The van der Waals surface area contributed by atoms with E-state index in [9.17, 15) is 9.18 Å². The quantitative estimate of drug-likeness (QED) is 0.321. The van der Waals surface area contributed by atoms with E-state index in [1.165, 1.54) is 24.8 Å². The highest BCUT2D eigenvalue weighted by atomic mass is 32.1. The van der Waals surface area contributed by atoms with Gasteiger partial charge in [-0.25, -0.2) is 13.9 Å². The molecule has 1 aliphatic rings. The lowest BCUT2D eigenvalue weighted by molar-refractivity contribution is 0.0601. The van der Waals surface area contributed by atoms with Gasteiger partial charge in [0.2, 0.25) is 0 Å². The Kier molecular flexibility index (Phi) is 6.55. The van der Waals surface area contributed by atoms with E-state index in [2.05, 4.69) is 27.9 Å². The highest BCUT2D eigenvalue weighted by Gasteiger charge is 2.26. The number of allylic oxidation sites excluding steroid dienone is 1. The first-order valence-electron chi connectivity index (χ1n) is 10.6. The number of nitrogens with zero attached hydrogens (tertiary/aromatic N) is 2. The monoisotopic (exact) mass is 464 g/mol. The smallest absolute Gasteiger partial charge is 0.337 e. The molecule has 33 heavy (non-hydrogen) atoms. The van der Waals surface area contributed by atoms with Gasteiger partial charge < -0.3 is 15.4 Å². The van der Waals surface area contributed by atoms with Crippen LogP contribution in [0.1, 0.15) is 39.6 Å². The van der Waals surface area contributed by atoms with Gasteiger partial charge in [-0.15, -0.1) is 0 Å². The number of hydrogen-bond acceptors (Lipinski definition) is 4. The number of rotatable bonds is 5. The first-order chi connectivity index (χ1) is 15.9. The molecular weight excluding hydrogens is 439 g/mol.